The first-order chi connectivity index (χ1) is 8.31. The minimum atomic E-state index is -4.15. The maximum atomic E-state index is 12.2. The Labute approximate surface area is 105 Å². The van der Waals surface area contributed by atoms with Crippen LogP contribution in [0.3, 0.4) is 0 Å². The van der Waals surface area contributed by atoms with Crippen molar-refractivity contribution in [2.45, 2.75) is 31.6 Å². The number of nitrogens with two attached hydrogens (primary N) is 1. The summed E-state index contributed by atoms with van der Waals surface area (Å²) in [5.41, 5.74) is 6.54. The van der Waals surface area contributed by atoms with Crippen LogP contribution in [0.2, 0.25) is 0 Å². The molecule has 0 spiro atoms. The van der Waals surface area contributed by atoms with E-state index >= 15 is 0 Å². The summed E-state index contributed by atoms with van der Waals surface area (Å²) in [6.07, 6.45) is -3.39. The molecule has 0 aromatic carbocycles. The van der Waals surface area contributed by atoms with E-state index in [0.717, 1.165) is 0 Å². The molecule has 0 amide bonds. The lowest BCUT2D eigenvalue weighted by Crippen LogP contribution is -2.39. The highest BCUT2D eigenvalue weighted by Crippen LogP contribution is 2.24. The molecule has 0 aliphatic carbocycles. The number of halogens is 3. The number of hydrogen-bond donors (Lipinski definition) is 1. The van der Waals surface area contributed by atoms with Gasteiger partial charge in [-0.2, -0.15) is 13.2 Å². The Kier molecular flexibility index (Phi) is 5.10. The molecule has 1 aromatic heterocycles. The van der Waals surface area contributed by atoms with Gasteiger partial charge in [0.1, 0.15) is 0 Å². The van der Waals surface area contributed by atoms with Crippen LogP contribution < -0.4 is 5.73 Å². The lowest BCUT2D eigenvalue weighted by Gasteiger charge is -2.30. The number of hydrogen-bond acceptors (Lipinski definition) is 3. The number of likely N-dealkylation sites (N-methyl/N-ethyl adjacent to an activating group) is 1. The average molecular weight is 261 g/mol. The standard InChI is InChI=1S/C12H18F3N3/c1-9(16)11(10-5-3-4-7-17-10)18(2)8-6-12(13,14)15/h3-5,7,9,11H,6,8,16H2,1-2H3. The molecule has 2 N–H and O–H groups in total. The molecule has 2 atom stereocenters. The molecule has 6 heteroatoms. The fourth-order valence-electron chi connectivity index (χ4n) is 1.89. The van der Waals surface area contributed by atoms with Crippen molar-refractivity contribution in [1.82, 2.24) is 9.88 Å². The first-order valence-electron chi connectivity index (χ1n) is 5.75. The van der Waals surface area contributed by atoms with Gasteiger partial charge in [-0.15, -0.1) is 0 Å². The van der Waals surface area contributed by atoms with Gasteiger partial charge in [-0.1, -0.05) is 6.07 Å². The number of alkyl halides is 3. The third-order valence-electron chi connectivity index (χ3n) is 2.71. The van der Waals surface area contributed by atoms with Crippen LogP contribution in [0.5, 0.6) is 0 Å². The van der Waals surface area contributed by atoms with Crippen LogP contribution in [0, 0.1) is 0 Å². The quantitative estimate of drug-likeness (QED) is 0.884. The molecule has 1 aromatic rings. The number of aromatic nitrogens is 1. The molecule has 3 nitrogen and oxygen atoms in total. The normalized spacial score (nSPS) is 15.7. The molecule has 2 unspecified atom stereocenters. The van der Waals surface area contributed by atoms with Crippen molar-refractivity contribution in [3.05, 3.63) is 30.1 Å². The van der Waals surface area contributed by atoms with Crippen LogP contribution in [0.4, 0.5) is 13.2 Å². The van der Waals surface area contributed by atoms with Gasteiger partial charge in [-0.3, -0.25) is 9.88 Å². The smallest absolute Gasteiger partial charge is 0.326 e. The second-order valence-electron chi connectivity index (χ2n) is 4.40. The van der Waals surface area contributed by atoms with E-state index in [9.17, 15) is 13.2 Å². The van der Waals surface area contributed by atoms with Gasteiger partial charge in [0.25, 0.3) is 0 Å². The van der Waals surface area contributed by atoms with E-state index in [2.05, 4.69) is 4.98 Å². The summed E-state index contributed by atoms with van der Waals surface area (Å²) in [7, 11) is 1.63. The molecule has 0 bridgehead atoms. The highest BCUT2D eigenvalue weighted by Gasteiger charge is 2.30. The third kappa shape index (κ3) is 4.62. The molecule has 1 heterocycles. The third-order valence-corrected chi connectivity index (χ3v) is 2.71. The molecule has 0 saturated heterocycles. The highest BCUT2D eigenvalue weighted by atomic mass is 19.4. The van der Waals surface area contributed by atoms with Gasteiger partial charge >= 0.3 is 6.18 Å². The van der Waals surface area contributed by atoms with Crippen LogP contribution >= 0.6 is 0 Å². The van der Waals surface area contributed by atoms with Crippen LogP contribution in [0.25, 0.3) is 0 Å². The first-order valence-corrected chi connectivity index (χ1v) is 5.75. The Morgan fingerprint density at radius 2 is 2.06 bits per heavy atom. The van der Waals surface area contributed by atoms with E-state index in [-0.39, 0.29) is 18.6 Å². The molecule has 0 fully saturated rings. The van der Waals surface area contributed by atoms with Crippen molar-refractivity contribution in [3.8, 4) is 0 Å². The van der Waals surface area contributed by atoms with Gasteiger partial charge in [0.15, 0.2) is 0 Å². The Hall–Kier alpha value is -1.14. The molecule has 1 rings (SSSR count). The Bertz CT molecular complexity index is 351. The molecule has 0 radical (unpaired) electrons. The molecule has 0 aliphatic heterocycles. The lowest BCUT2D eigenvalue weighted by atomic mass is 10.0. The zero-order valence-corrected chi connectivity index (χ0v) is 10.5. The van der Waals surface area contributed by atoms with Crippen molar-refractivity contribution >= 4 is 0 Å². The second-order valence-corrected chi connectivity index (χ2v) is 4.40. The predicted octanol–water partition coefficient (Wildman–Crippen LogP) is 2.35. The van der Waals surface area contributed by atoms with Gasteiger partial charge in [-0.05, 0) is 26.1 Å². The van der Waals surface area contributed by atoms with Gasteiger partial charge in [-0.25, -0.2) is 0 Å². The summed E-state index contributed by atoms with van der Waals surface area (Å²) in [6.45, 7) is 1.68. The molecular formula is C12H18F3N3. The predicted molar refractivity (Wildman–Crippen MR) is 63.9 cm³/mol. The number of rotatable bonds is 5. The van der Waals surface area contributed by atoms with E-state index in [0.29, 0.717) is 5.69 Å². The SMILES string of the molecule is CC(N)C(c1ccccn1)N(C)CCC(F)(F)F. The van der Waals surface area contributed by atoms with Crippen molar-refractivity contribution < 1.29 is 13.2 Å². The monoisotopic (exact) mass is 261 g/mol. The minimum absolute atomic E-state index is 0.0910. The topological polar surface area (TPSA) is 42.1 Å². The van der Waals surface area contributed by atoms with E-state index < -0.39 is 12.6 Å². The lowest BCUT2D eigenvalue weighted by molar-refractivity contribution is -0.138. The fraction of sp³-hybridized carbons (Fsp3) is 0.583. The van der Waals surface area contributed by atoms with Gasteiger partial charge in [0.05, 0.1) is 18.2 Å². The summed E-state index contributed by atoms with van der Waals surface area (Å²) in [6, 6.07) is 4.73. The van der Waals surface area contributed by atoms with Crippen LogP contribution in [-0.4, -0.2) is 35.7 Å². The Balaban J connectivity index is 2.74. The number of nitrogens with zero attached hydrogens (tertiary/aromatic N) is 2. The van der Waals surface area contributed by atoms with Crippen LogP contribution in [0.1, 0.15) is 25.1 Å². The Morgan fingerprint density at radius 1 is 1.39 bits per heavy atom. The largest absolute Gasteiger partial charge is 0.390 e. The maximum absolute atomic E-state index is 12.2. The van der Waals surface area contributed by atoms with Crippen LogP contribution in [-0.2, 0) is 0 Å². The zero-order valence-electron chi connectivity index (χ0n) is 10.5. The van der Waals surface area contributed by atoms with E-state index in [1.54, 1.807) is 43.3 Å². The maximum Gasteiger partial charge on any atom is 0.390 e. The summed E-state index contributed by atoms with van der Waals surface area (Å²) in [4.78, 5) is 5.76. The fourth-order valence-corrected chi connectivity index (χ4v) is 1.89. The molecule has 18 heavy (non-hydrogen) atoms. The summed E-state index contributed by atoms with van der Waals surface area (Å²) < 4.78 is 36.6. The highest BCUT2D eigenvalue weighted by molar-refractivity contribution is 5.10. The van der Waals surface area contributed by atoms with Crippen molar-refractivity contribution in [1.29, 1.82) is 0 Å². The summed E-state index contributed by atoms with van der Waals surface area (Å²) >= 11 is 0. The van der Waals surface area contributed by atoms with Crippen molar-refractivity contribution in [3.63, 3.8) is 0 Å². The molecule has 102 valence electrons. The van der Waals surface area contributed by atoms with E-state index in [1.165, 1.54) is 0 Å². The summed E-state index contributed by atoms with van der Waals surface area (Å²) in [5, 5.41) is 0. The Morgan fingerprint density at radius 3 is 2.50 bits per heavy atom. The number of pyridine rings is 1. The average Bonchev–Trinajstić information content (AvgIpc) is 2.26. The van der Waals surface area contributed by atoms with Crippen LogP contribution in [0.15, 0.2) is 24.4 Å². The van der Waals surface area contributed by atoms with Gasteiger partial charge in [0, 0.05) is 18.8 Å². The molecular weight excluding hydrogens is 243 g/mol. The minimum Gasteiger partial charge on any atom is -0.326 e. The first kappa shape index (κ1) is 14.9. The van der Waals surface area contributed by atoms with Gasteiger partial charge in [0.2, 0.25) is 0 Å². The molecule has 0 saturated carbocycles. The van der Waals surface area contributed by atoms with E-state index in [4.69, 9.17) is 5.73 Å². The van der Waals surface area contributed by atoms with Crippen molar-refractivity contribution in [2.75, 3.05) is 13.6 Å². The zero-order chi connectivity index (χ0) is 13.8. The summed E-state index contributed by atoms with van der Waals surface area (Å²) in [5.74, 6) is 0. The van der Waals surface area contributed by atoms with E-state index in [1.807, 2.05) is 0 Å². The second kappa shape index (κ2) is 6.15. The van der Waals surface area contributed by atoms with Crippen molar-refractivity contribution in [2.24, 2.45) is 5.73 Å². The van der Waals surface area contributed by atoms with Gasteiger partial charge < -0.3 is 5.73 Å². The molecule has 0 aliphatic rings.